The molecule has 0 saturated heterocycles. The van der Waals surface area contributed by atoms with Crippen molar-refractivity contribution in [1.82, 2.24) is 14.9 Å². The molecule has 22 heavy (non-hydrogen) atoms. The molecule has 1 fully saturated rings. The lowest BCUT2D eigenvalue weighted by Gasteiger charge is -2.14. The molecule has 7 heteroatoms. The summed E-state index contributed by atoms with van der Waals surface area (Å²) in [4.78, 5) is 38.0. The molecule has 0 unspecified atom stereocenters. The van der Waals surface area contributed by atoms with Crippen molar-refractivity contribution in [2.45, 2.75) is 38.3 Å². The molecule has 2 N–H and O–H groups in total. The average molecular weight is 305 g/mol. The van der Waals surface area contributed by atoms with Gasteiger partial charge in [0.05, 0.1) is 11.0 Å². The number of aromatic amines is 1. The van der Waals surface area contributed by atoms with Gasteiger partial charge in [-0.15, -0.1) is 0 Å². The van der Waals surface area contributed by atoms with E-state index >= 15 is 0 Å². The minimum atomic E-state index is -0.869. The number of benzene rings is 1. The maximum Gasteiger partial charge on any atom is 0.317 e. The monoisotopic (exact) mass is 305 g/mol. The highest BCUT2D eigenvalue weighted by molar-refractivity contribution is 5.80. The zero-order valence-electron chi connectivity index (χ0n) is 11.9. The minimum Gasteiger partial charge on any atom is -0.352 e. The molecule has 1 aromatic heterocycles. The smallest absolute Gasteiger partial charge is 0.317 e. The molecule has 0 spiro atoms. The standard InChI is InChI=1S/C15H16FN3O3/c16-9-5-6-12-11(7-9)18-14(21)15(22)19(12)8-13(20)17-10-3-1-2-4-10/h5-7,10H,1-4,8H2,(H,17,20)(H,18,21). The average Bonchev–Trinajstić information content (AvgIpc) is 2.96. The number of halogens is 1. The molecular weight excluding hydrogens is 289 g/mol. The van der Waals surface area contributed by atoms with Gasteiger partial charge >= 0.3 is 11.1 Å². The Morgan fingerprint density at radius 1 is 1.32 bits per heavy atom. The second kappa shape index (κ2) is 5.75. The van der Waals surface area contributed by atoms with E-state index in [0.717, 1.165) is 36.3 Å². The molecule has 6 nitrogen and oxygen atoms in total. The molecule has 1 saturated carbocycles. The Morgan fingerprint density at radius 3 is 2.77 bits per heavy atom. The number of nitrogens with one attached hydrogen (secondary N) is 2. The van der Waals surface area contributed by atoms with Crippen LogP contribution in [-0.2, 0) is 11.3 Å². The fraction of sp³-hybridized carbons (Fsp3) is 0.400. The topological polar surface area (TPSA) is 84.0 Å². The number of rotatable bonds is 3. The van der Waals surface area contributed by atoms with Crippen molar-refractivity contribution in [2.75, 3.05) is 0 Å². The zero-order valence-corrected chi connectivity index (χ0v) is 11.9. The number of nitrogens with zero attached hydrogens (tertiary/aromatic N) is 1. The van der Waals surface area contributed by atoms with Gasteiger partial charge in [0.2, 0.25) is 5.91 Å². The molecule has 1 heterocycles. The lowest BCUT2D eigenvalue weighted by Crippen LogP contribution is -2.42. The number of hydrogen-bond acceptors (Lipinski definition) is 3. The quantitative estimate of drug-likeness (QED) is 0.826. The first-order valence-electron chi connectivity index (χ1n) is 7.26. The van der Waals surface area contributed by atoms with Crippen molar-refractivity contribution < 1.29 is 9.18 Å². The Balaban J connectivity index is 1.95. The molecule has 2 aromatic rings. The van der Waals surface area contributed by atoms with Crippen LogP contribution in [0.25, 0.3) is 11.0 Å². The predicted octanol–water partition coefficient (Wildman–Crippen LogP) is 0.888. The van der Waals surface area contributed by atoms with E-state index in [0.29, 0.717) is 5.52 Å². The van der Waals surface area contributed by atoms with E-state index < -0.39 is 16.9 Å². The number of aromatic nitrogens is 2. The summed E-state index contributed by atoms with van der Waals surface area (Å²) in [6.07, 6.45) is 4.03. The molecule has 1 aliphatic carbocycles. The van der Waals surface area contributed by atoms with E-state index in [9.17, 15) is 18.8 Å². The predicted molar refractivity (Wildman–Crippen MR) is 79.2 cm³/mol. The third-order valence-corrected chi connectivity index (χ3v) is 3.96. The van der Waals surface area contributed by atoms with Crippen molar-refractivity contribution in [2.24, 2.45) is 0 Å². The summed E-state index contributed by atoms with van der Waals surface area (Å²) >= 11 is 0. The molecule has 3 rings (SSSR count). The van der Waals surface area contributed by atoms with Crippen molar-refractivity contribution in [3.8, 4) is 0 Å². The van der Waals surface area contributed by atoms with Crippen LogP contribution >= 0.6 is 0 Å². The van der Waals surface area contributed by atoms with Gasteiger partial charge in [-0.25, -0.2) is 4.39 Å². The van der Waals surface area contributed by atoms with Crippen LogP contribution < -0.4 is 16.4 Å². The van der Waals surface area contributed by atoms with Crippen molar-refractivity contribution in [3.05, 3.63) is 44.7 Å². The maximum absolute atomic E-state index is 13.2. The van der Waals surface area contributed by atoms with Crippen LogP contribution in [0.2, 0.25) is 0 Å². The van der Waals surface area contributed by atoms with E-state index in [1.807, 2.05) is 0 Å². The number of hydrogen-bond donors (Lipinski definition) is 2. The van der Waals surface area contributed by atoms with Gasteiger partial charge in [-0.3, -0.25) is 19.0 Å². The maximum atomic E-state index is 13.2. The summed E-state index contributed by atoms with van der Waals surface area (Å²) in [5.41, 5.74) is -1.17. The Hall–Kier alpha value is -2.44. The molecule has 0 aliphatic heterocycles. The summed E-state index contributed by atoms with van der Waals surface area (Å²) in [5, 5.41) is 2.87. The highest BCUT2D eigenvalue weighted by atomic mass is 19.1. The fourth-order valence-electron chi connectivity index (χ4n) is 2.90. The number of amides is 1. The minimum absolute atomic E-state index is 0.133. The molecule has 0 radical (unpaired) electrons. The lowest BCUT2D eigenvalue weighted by molar-refractivity contribution is -0.122. The number of H-pyrrole nitrogens is 1. The molecule has 116 valence electrons. The first-order chi connectivity index (χ1) is 10.5. The summed E-state index contributed by atoms with van der Waals surface area (Å²) < 4.78 is 14.3. The van der Waals surface area contributed by atoms with Gasteiger partial charge in [0.25, 0.3) is 0 Å². The van der Waals surface area contributed by atoms with E-state index in [2.05, 4.69) is 10.3 Å². The van der Waals surface area contributed by atoms with Crippen LogP contribution in [0.15, 0.2) is 27.8 Å². The second-order valence-corrected chi connectivity index (χ2v) is 5.56. The third kappa shape index (κ3) is 2.79. The lowest BCUT2D eigenvalue weighted by atomic mass is 10.2. The van der Waals surface area contributed by atoms with E-state index in [-0.39, 0.29) is 24.0 Å². The van der Waals surface area contributed by atoms with Crippen LogP contribution in [-0.4, -0.2) is 21.5 Å². The first-order valence-corrected chi connectivity index (χ1v) is 7.26. The molecule has 1 aromatic carbocycles. The highest BCUT2D eigenvalue weighted by Crippen LogP contribution is 2.17. The number of carbonyl (C=O) groups is 1. The molecule has 1 aliphatic rings. The Kier molecular flexibility index (Phi) is 3.79. The van der Waals surface area contributed by atoms with Gasteiger partial charge in [0, 0.05) is 6.04 Å². The van der Waals surface area contributed by atoms with Gasteiger partial charge in [-0.1, -0.05) is 12.8 Å². The molecule has 1 amide bonds. The largest absolute Gasteiger partial charge is 0.352 e. The van der Waals surface area contributed by atoms with Gasteiger partial charge in [-0.2, -0.15) is 0 Å². The van der Waals surface area contributed by atoms with E-state index in [4.69, 9.17) is 0 Å². The second-order valence-electron chi connectivity index (χ2n) is 5.56. The van der Waals surface area contributed by atoms with Gasteiger partial charge in [0.15, 0.2) is 0 Å². The van der Waals surface area contributed by atoms with E-state index in [1.54, 1.807) is 0 Å². The van der Waals surface area contributed by atoms with Gasteiger partial charge in [0.1, 0.15) is 12.4 Å². The van der Waals surface area contributed by atoms with Gasteiger partial charge in [-0.05, 0) is 31.0 Å². The Labute approximate surface area is 125 Å². The molecule has 0 bridgehead atoms. The van der Waals surface area contributed by atoms with E-state index in [1.165, 1.54) is 12.1 Å². The Morgan fingerprint density at radius 2 is 2.05 bits per heavy atom. The fourth-order valence-corrected chi connectivity index (χ4v) is 2.90. The summed E-state index contributed by atoms with van der Waals surface area (Å²) in [5.74, 6) is -0.839. The van der Waals surface area contributed by atoms with Crippen LogP contribution in [0.4, 0.5) is 4.39 Å². The van der Waals surface area contributed by atoms with Crippen molar-refractivity contribution in [3.63, 3.8) is 0 Å². The van der Waals surface area contributed by atoms with Crippen LogP contribution in [0, 0.1) is 5.82 Å². The Bertz CT molecular complexity index is 834. The highest BCUT2D eigenvalue weighted by Gasteiger charge is 2.18. The summed E-state index contributed by atoms with van der Waals surface area (Å²) in [7, 11) is 0. The number of carbonyl (C=O) groups excluding carboxylic acids is 1. The zero-order chi connectivity index (χ0) is 15.7. The molecular formula is C15H16FN3O3. The van der Waals surface area contributed by atoms with Crippen LogP contribution in [0.1, 0.15) is 25.7 Å². The van der Waals surface area contributed by atoms with Gasteiger partial charge < -0.3 is 10.3 Å². The normalized spacial score (nSPS) is 15.3. The first kappa shape index (κ1) is 14.5. The third-order valence-electron chi connectivity index (χ3n) is 3.96. The molecule has 0 atom stereocenters. The van der Waals surface area contributed by atoms with Crippen molar-refractivity contribution >= 4 is 16.9 Å². The van der Waals surface area contributed by atoms with Crippen LogP contribution in [0.5, 0.6) is 0 Å². The van der Waals surface area contributed by atoms with Crippen LogP contribution in [0.3, 0.4) is 0 Å². The summed E-state index contributed by atoms with van der Waals surface area (Å²) in [6, 6.07) is 3.83. The number of fused-ring (bicyclic) bond motifs is 1. The van der Waals surface area contributed by atoms with Crippen molar-refractivity contribution in [1.29, 1.82) is 0 Å². The summed E-state index contributed by atoms with van der Waals surface area (Å²) in [6.45, 7) is -0.249. The SMILES string of the molecule is O=C(Cn1c(=O)c(=O)[nH]c2cc(F)ccc21)NC1CCCC1.